The monoisotopic (exact) mass is 396 g/mol. The molecular formula is C20H20N4O3S. The van der Waals surface area contributed by atoms with Crippen molar-refractivity contribution in [2.24, 2.45) is 0 Å². The molecule has 4 rings (SSSR count). The molecule has 0 unspecified atom stereocenters. The van der Waals surface area contributed by atoms with Gasteiger partial charge in [0.15, 0.2) is 29.1 Å². The number of thiazole rings is 1. The molecule has 0 fully saturated rings. The Kier molecular flexibility index (Phi) is 4.72. The number of hydrogen-bond donors (Lipinski definition) is 0. The highest BCUT2D eigenvalue weighted by Crippen LogP contribution is 2.41. The van der Waals surface area contributed by atoms with Crippen LogP contribution in [-0.2, 0) is 11.2 Å². The number of carbonyl (C=O) groups is 1. The number of benzene rings is 1. The second-order valence-electron chi connectivity index (χ2n) is 7.14. The Bertz CT molecular complexity index is 1000. The summed E-state index contributed by atoms with van der Waals surface area (Å²) < 4.78 is 11.9. The smallest absolute Gasteiger partial charge is 0.272 e. The van der Waals surface area contributed by atoms with Gasteiger partial charge in [-0.2, -0.15) is 0 Å². The van der Waals surface area contributed by atoms with Crippen molar-refractivity contribution in [2.45, 2.75) is 32.8 Å². The number of amides is 1. The van der Waals surface area contributed by atoms with Gasteiger partial charge in [0, 0.05) is 29.8 Å². The van der Waals surface area contributed by atoms with E-state index >= 15 is 0 Å². The van der Waals surface area contributed by atoms with E-state index in [1.807, 2.05) is 44.4 Å². The van der Waals surface area contributed by atoms with Gasteiger partial charge in [-0.05, 0) is 26.8 Å². The van der Waals surface area contributed by atoms with E-state index in [1.54, 1.807) is 6.20 Å². The number of nitrogens with zero attached hydrogens (tertiary/aromatic N) is 4. The maximum absolute atomic E-state index is 13.0. The fourth-order valence-electron chi connectivity index (χ4n) is 3.09. The quantitative estimate of drug-likeness (QED) is 0.654. The highest BCUT2D eigenvalue weighted by Gasteiger charge is 2.32. The van der Waals surface area contributed by atoms with Crippen molar-refractivity contribution in [3.05, 3.63) is 53.4 Å². The topological polar surface area (TPSA) is 77.4 Å². The van der Waals surface area contributed by atoms with Crippen LogP contribution in [0.15, 0.2) is 42.2 Å². The number of fused-ring (bicyclic) bond motifs is 1. The Labute approximate surface area is 167 Å². The minimum absolute atomic E-state index is 0.171. The first-order valence-electron chi connectivity index (χ1n) is 8.88. The number of anilines is 2. The Morgan fingerprint density at radius 3 is 2.93 bits per heavy atom. The number of rotatable bonds is 5. The molecule has 0 radical (unpaired) electrons. The predicted octanol–water partition coefficient (Wildman–Crippen LogP) is 3.70. The molecule has 7 nitrogen and oxygen atoms in total. The minimum Gasteiger partial charge on any atom is -0.483 e. The summed E-state index contributed by atoms with van der Waals surface area (Å²) in [6.45, 7) is 5.77. The normalized spacial score (nSPS) is 14.2. The van der Waals surface area contributed by atoms with Gasteiger partial charge in [-0.25, -0.2) is 14.9 Å². The molecule has 8 heteroatoms. The van der Waals surface area contributed by atoms with Crippen molar-refractivity contribution in [2.75, 3.05) is 11.5 Å². The molecule has 1 amide bonds. The molecule has 1 aliphatic heterocycles. The molecular weight excluding hydrogens is 376 g/mol. The lowest BCUT2D eigenvalue weighted by Crippen LogP contribution is -2.31. The summed E-state index contributed by atoms with van der Waals surface area (Å²) in [5.41, 5.74) is 1.63. The first-order chi connectivity index (χ1) is 13.4. The number of aryl methyl sites for hydroxylation is 1. The lowest BCUT2D eigenvalue weighted by Gasteiger charge is -2.20. The Hall–Kier alpha value is -3.00. The Balaban J connectivity index is 1.56. The van der Waals surface area contributed by atoms with Crippen molar-refractivity contribution in [3.8, 4) is 11.5 Å². The summed E-state index contributed by atoms with van der Waals surface area (Å²) in [6, 6.07) is 5.74. The van der Waals surface area contributed by atoms with E-state index in [2.05, 4.69) is 15.0 Å². The van der Waals surface area contributed by atoms with Gasteiger partial charge in [0.2, 0.25) is 0 Å². The van der Waals surface area contributed by atoms with E-state index in [1.165, 1.54) is 28.6 Å². The molecule has 0 atom stereocenters. The summed E-state index contributed by atoms with van der Waals surface area (Å²) in [5, 5.41) is 2.41. The predicted molar refractivity (Wildman–Crippen MR) is 106 cm³/mol. The van der Waals surface area contributed by atoms with Crippen molar-refractivity contribution < 1.29 is 14.3 Å². The second kappa shape index (κ2) is 7.20. The van der Waals surface area contributed by atoms with Crippen LogP contribution in [0.2, 0.25) is 0 Å². The van der Waals surface area contributed by atoms with Gasteiger partial charge in [-0.15, -0.1) is 11.3 Å². The summed E-state index contributed by atoms with van der Waals surface area (Å²) in [4.78, 5) is 27.2. The zero-order chi connectivity index (χ0) is 19.7. The van der Waals surface area contributed by atoms with Crippen LogP contribution in [0, 0.1) is 6.92 Å². The van der Waals surface area contributed by atoms with Crippen LogP contribution in [0.1, 0.15) is 25.1 Å². The molecule has 144 valence electrons. The maximum atomic E-state index is 13.0. The van der Waals surface area contributed by atoms with Gasteiger partial charge in [-0.3, -0.25) is 9.78 Å². The number of carbonyl (C=O) groups excluding carboxylic acids is 1. The molecule has 0 aliphatic carbocycles. The highest BCUT2D eigenvalue weighted by atomic mass is 32.1. The number of ether oxygens (including phenoxy) is 2. The first-order valence-corrected chi connectivity index (χ1v) is 9.76. The van der Waals surface area contributed by atoms with E-state index in [0.717, 1.165) is 17.7 Å². The molecule has 0 saturated carbocycles. The van der Waals surface area contributed by atoms with Crippen molar-refractivity contribution in [1.82, 2.24) is 15.0 Å². The van der Waals surface area contributed by atoms with Crippen molar-refractivity contribution in [1.29, 1.82) is 0 Å². The molecule has 0 spiro atoms. The standard InChI is InChI=1S/C20H20N4O3S/c1-13-12-28-19(23-13)24(16-10-21-7-8-22-16)17(25)11-26-15-6-4-5-14-9-20(2,3)27-18(14)15/h4-8,10,12H,9,11H2,1-3H3. The third kappa shape index (κ3) is 3.68. The molecule has 2 aromatic heterocycles. The van der Waals surface area contributed by atoms with E-state index in [4.69, 9.17) is 9.47 Å². The van der Waals surface area contributed by atoms with E-state index in [0.29, 0.717) is 22.4 Å². The van der Waals surface area contributed by atoms with Crippen LogP contribution in [0.4, 0.5) is 10.9 Å². The molecule has 1 aliphatic rings. The molecule has 0 saturated heterocycles. The third-order valence-corrected chi connectivity index (χ3v) is 5.18. The maximum Gasteiger partial charge on any atom is 0.272 e. The van der Waals surface area contributed by atoms with Gasteiger partial charge in [-0.1, -0.05) is 12.1 Å². The Morgan fingerprint density at radius 2 is 2.21 bits per heavy atom. The van der Waals surface area contributed by atoms with Gasteiger partial charge in [0.05, 0.1) is 11.9 Å². The van der Waals surface area contributed by atoms with Crippen LogP contribution in [0.5, 0.6) is 11.5 Å². The van der Waals surface area contributed by atoms with Crippen LogP contribution in [0.3, 0.4) is 0 Å². The molecule has 28 heavy (non-hydrogen) atoms. The van der Waals surface area contributed by atoms with Gasteiger partial charge in [0.25, 0.3) is 5.91 Å². The van der Waals surface area contributed by atoms with Crippen LogP contribution in [0.25, 0.3) is 0 Å². The summed E-state index contributed by atoms with van der Waals surface area (Å²) in [6.07, 6.45) is 5.43. The average molecular weight is 396 g/mol. The van der Waals surface area contributed by atoms with E-state index in [-0.39, 0.29) is 18.1 Å². The van der Waals surface area contributed by atoms with Crippen molar-refractivity contribution in [3.63, 3.8) is 0 Å². The third-order valence-electron chi connectivity index (χ3n) is 4.23. The summed E-state index contributed by atoms with van der Waals surface area (Å²) >= 11 is 1.37. The molecule has 0 N–H and O–H groups in total. The number of hydrogen-bond acceptors (Lipinski definition) is 7. The summed E-state index contributed by atoms with van der Waals surface area (Å²) in [7, 11) is 0. The minimum atomic E-state index is -0.287. The van der Waals surface area contributed by atoms with Gasteiger partial charge in [0.1, 0.15) is 5.60 Å². The molecule has 1 aromatic carbocycles. The molecule has 3 aromatic rings. The number of aromatic nitrogens is 3. The number of para-hydroxylation sites is 1. The van der Waals surface area contributed by atoms with Gasteiger partial charge >= 0.3 is 0 Å². The lowest BCUT2D eigenvalue weighted by molar-refractivity contribution is -0.119. The van der Waals surface area contributed by atoms with Crippen LogP contribution < -0.4 is 14.4 Å². The fourth-order valence-corrected chi connectivity index (χ4v) is 3.91. The second-order valence-corrected chi connectivity index (χ2v) is 7.97. The van der Waals surface area contributed by atoms with E-state index in [9.17, 15) is 4.79 Å². The molecule has 3 heterocycles. The molecule has 0 bridgehead atoms. The summed E-state index contributed by atoms with van der Waals surface area (Å²) in [5.74, 6) is 1.38. The zero-order valence-electron chi connectivity index (χ0n) is 15.9. The first kappa shape index (κ1) is 18.4. The highest BCUT2D eigenvalue weighted by molar-refractivity contribution is 7.14. The van der Waals surface area contributed by atoms with E-state index < -0.39 is 0 Å². The van der Waals surface area contributed by atoms with Crippen LogP contribution >= 0.6 is 11.3 Å². The largest absolute Gasteiger partial charge is 0.483 e. The zero-order valence-corrected chi connectivity index (χ0v) is 16.7. The average Bonchev–Trinajstić information content (AvgIpc) is 3.22. The lowest BCUT2D eigenvalue weighted by atomic mass is 10.0. The van der Waals surface area contributed by atoms with Gasteiger partial charge < -0.3 is 9.47 Å². The SMILES string of the molecule is Cc1csc(N(C(=O)COc2cccc3c2OC(C)(C)C3)c2cnccn2)n1. The Morgan fingerprint density at radius 1 is 1.36 bits per heavy atom. The van der Waals surface area contributed by atoms with Crippen LogP contribution in [-0.4, -0.2) is 33.1 Å². The van der Waals surface area contributed by atoms with Crippen molar-refractivity contribution >= 4 is 28.2 Å². The fraction of sp³-hybridized carbons (Fsp3) is 0.300.